The van der Waals surface area contributed by atoms with Gasteiger partial charge in [-0.1, -0.05) is 13.8 Å². The minimum absolute atomic E-state index is 0.0543. The summed E-state index contributed by atoms with van der Waals surface area (Å²) in [6.07, 6.45) is 2.49. The molecule has 0 saturated carbocycles. The molecule has 1 rings (SSSR count). The van der Waals surface area contributed by atoms with E-state index in [0.717, 1.165) is 19.4 Å². The normalized spacial score (nSPS) is 20.0. The van der Waals surface area contributed by atoms with Crippen LogP contribution < -0.4 is 5.32 Å². The van der Waals surface area contributed by atoms with E-state index in [4.69, 9.17) is 9.84 Å². The maximum absolute atomic E-state index is 12.1. The predicted octanol–water partition coefficient (Wildman–Crippen LogP) is 2.09. The molecule has 0 aliphatic carbocycles. The maximum atomic E-state index is 12.1. The molecule has 6 heteroatoms. The molecule has 2 N–H and O–H groups in total. The van der Waals surface area contributed by atoms with E-state index in [1.54, 1.807) is 4.90 Å². The van der Waals surface area contributed by atoms with Crippen LogP contribution in [0.25, 0.3) is 0 Å². The van der Waals surface area contributed by atoms with Crippen LogP contribution >= 0.6 is 0 Å². The number of amides is 2. The number of nitrogens with zero attached hydrogens (tertiary/aromatic N) is 1. The van der Waals surface area contributed by atoms with Gasteiger partial charge in [-0.05, 0) is 31.6 Å². The van der Waals surface area contributed by atoms with Gasteiger partial charge in [0.1, 0.15) is 0 Å². The topological polar surface area (TPSA) is 78.9 Å². The summed E-state index contributed by atoms with van der Waals surface area (Å²) in [6, 6.07) is -0.0543. The van der Waals surface area contributed by atoms with Gasteiger partial charge in [-0.2, -0.15) is 0 Å². The molecule has 0 radical (unpaired) electrons. The van der Waals surface area contributed by atoms with Gasteiger partial charge in [0.15, 0.2) is 0 Å². The quantitative estimate of drug-likeness (QED) is 0.787. The monoisotopic (exact) mass is 300 g/mol. The fraction of sp³-hybridized carbons (Fsp3) is 0.867. The van der Waals surface area contributed by atoms with Crippen LogP contribution in [0.5, 0.6) is 0 Å². The number of carbonyl (C=O) groups excluding carboxylic acids is 1. The fourth-order valence-electron chi connectivity index (χ4n) is 2.37. The third-order valence-corrected chi connectivity index (χ3v) is 3.83. The van der Waals surface area contributed by atoms with Gasteiger partial charge in [0.25, 0.3) is 0 Å². The van der Waals surface area contributed by atoms with Gasteiger partial charge in [0.05, 0.1) is 6.10 Å². The Kier molecular flexibility index (Phi) is 6.95. The Morgan fingerprint density at radius 2 is 2.10 bits per heavy atom. The third kappa shape index (κ3) is 7.32. The summed E-state index contributed by atoms with van der Waals surface area (Å²) in [7, 11) is 0. The van der Waals surface area contributed by atoms with Gasteiger partial charge in [0, 0.05) is 32.7 Å². The van der Waals surface area contributed by atoms with Gasteiger partial charge >= 0.3 is 12.0 Å². The first-order valence-corrected chi connectivity index (χ1v) is 7.66. The highest BCUT2D eigenvalue weighted by Gasteiger charge is 2.22. The number of nitrogens with one attached hydrogen (secondary N) is 1. The van der Waals surface area contributed by atoms with Gasteiger partial charge in [-0.15, -0.1) is 0 Å². The first kappa shape index (κ1) is 17.8. The Morgan fingerprint density at radius 1 is 1.38 bits per heavy atom. The maximum Gasteiger partial charge on any atom is 0.317 e. The highest BCUT2D eigenvalue weighted by molar-refractivity contribution is 5.74. The van der Waals surface area contributed by atoms with E-state index in [9.17, 15) is 9.59 Å². The van der Waals surface area contributed by atoms with E-state index in [0.29, 0.717) is 26.1 Å². The summed E-state index contributed by atoms with van der Waals surface area (Å²) >= 11 is 0. The lowest BCUT2D eigenvalue weighted by Gasteiger charge is -2.26. The molecule has 122 valence electrons. The van der Waals surface area contributed by atoms with Crippen molar-refractivity contribution < 1.29 is 19.4 Å². The molecular formula is C15H28N2O4. The van der Waals surface area contributed by atoms with Crippen LogP contribution in [0.15, 0.2) is 0 Å². The smallest absolute Gasteiger partial charge is 0.317 e. The van der Waals surface area contributed by atoms with Crippen molar-refractivity contribution in [2.24, 2.45) is 5.41 Å². The average Bonchev–Trinajstić information content (AvgIpc) is 2.61. The molecule has 1 fully saturated rings. The largest absolute Gasteiger partial charge is 0.481 e. The van der Waals surface area contributed by atoms with Crippen molar-refractivity contribution in [3.63, 3.8) is 0 Å². The standard InChI is InChI=1S/C15H28N2O4/c1-12-11-17(9-4-10-21-12)14(20)16-8-7-15(2,3)6-5-13(18)19/h12H,4-11H2,1-3H3,(H,16,20)(H,18,19). The summed E-state index contributed by atoms with van der Waals surface area (Å²) < 4.78 is 5.52. The number of carbonyl (C=O) groups is 2. The number of aliphatic carboxylic acids is 1. The van der Waals surface area contributed by atoms with E-state index in [1.807, 2.05) is 20.8 Å². The summed E-state index contributed by atoms with van der Waals surface area (Å²) in [6.45, 7) is 8.64. The molecule has 1 unspecified atom stereocenters. The number of rotatable bonds is 6. The Hall–Kier alpha value is -1.30. The minimum atomic E-state index is -0.773. The van der Waals surface area contributed by atoms with E-state index in [-0.39, 0.29) is 24.0 Å². The molecule has 0 aromatic rings. The zero-order valence-electron chi connectivity index (χ0n) is 13.4. The second-order valence-corrected chi connectivity index (χ2v) is 6.52. The van der Waals surface area contributed by atoms with Crippen molar-refractivity contribution in [1.82, 2.24) is 10.2 Å². The number of carboxylic acid groups (broad SMARTS) is 1. The predicted molar refractivity (Wildman–Crippen MR) is 80.3 cm³/mol. The van der Waals surface area contributed by atoms with Crippen molar-refractivity contribution in [3.8, 4) is 0 Å². The second kappa shape index (κ2) is 8.22. The SMILES string of the molecule is CC1CN(C(=O)NCCC(C)(C)CCC(=O)O)CCCO1. The lowest BCUT2D eigenvalue weighted by molar-refractivity contribution is -0.137. The minimum Gasteiger partial charge on any atom is -0.481 e. The second-order valence-electron chi connectivity index (χ2n) is 6.52. The molecule has 1 aliphatic heterocycles. The summed E-state index contributed by atoms with van der Waals surface area (Å²) in [5.74, 6) is -0.773. The van der Waals surface area contributed by atoms with Gasteiger partial charge < -0.3 is 20.1 Å². The Bertz CT molecular complexity index is 358. The highest BCUT2D eigenvalue weighted by Crippen LogP contribution is 2.26. The van der Waals surface area contributed by atoms with Crippen LogP contribution in [0, 0.1) is 5.41 Å². The van der Waals surface area contributed by atoms with Gasteiger partial charge in [0.2, 0.25) is 0 Å². The van der Waals surface area contributed by atoms with Crippen LogP contribution in [0.2, 0.25) is 0 Å². The van der Waals surface area contributed by atoms with Crippen molar-refractivity contribution in [2.45, 2.75) is 52.6 Å². The summed E-state index contributed by atoms with van der Waals surface area (Å²) in [4.78, 5) is 24.5. The zero-order valence-corrected chi connectivity index (χ0v) is 13.4. The lowest BCUT2D eigenvalue weighted by Crippen LogP contribution is -2.43. The molecule has 0 bridgehead atoms. The first-order chi connectivity index (χ1) is 9.80. The Labute approximate surface area is 126 Å². The Balaban J connectivity index is 2.30. The third-order valence-electron chi connectivity index (χ3n) is 3.83. The summed E-state index contributed by atoms with van der Waals surface area (Å²) in [5, 5.41) is 11.7. The fourth-order valence-corrected chi connectivity index (χ4v) is 2.37. The molecule has 0 spiro atoms. The molecule has 2 amide bonds. The van der Waals surface area contributed by atoms with Crippen molar-refractivity contribution in [2.75, 3.05) is 26.2 Å². The Morgan fingerprint density at radius 3 is 2.76 bits per heavy atom. The number of carboxylic acids is 1. The lowest BCUT2D eigenvalue weighted by atomic mass is 9.84. The van der Waals surface area contributed by atoms with E-state index in [2.05, 4.69) is 5.32 Å². The van der Waals surface area contributed by atoms with E-state index < -0.39 is 5.97 Å². The number of hydrogen-bond acceptors (Lipinski definition) is 3. The molecular weight excluding hydrogens is 272 g/mol. The van der Waals surface area contributed by atoms with Gasteiger partial charge in [-0.25, -0.2) is 4.79 Å². The van der Waals surface area contributed by atoms with Crippen LogP contribution in [-0.4, -0.2) is 54.4 Å². The molecule has 1 aliphatic rings. The van der Waals surface area contributed by atoms with Crippen molar-refractivity contribution in [3.05, 3.63) is 0 Å². The number of hydrogen-bond donors (Lipinski definition) is 2. The molecule has 6 nitrogen and oxygen atoms in total. The van der Waals surface area contributed by atoms with Crippen LogP contribution in [0.4, 0.5) is 4.79 Å². The molecule has 21 heavy (non-hydrogen) atoms. The zero-order chi connectivity index (χ0) is 15.9. The molecule has 1 saturated heterocycles. The molecule has 0 aromatic heterocycles. The first-order valence-electron chi connectivity index (χ1n) is 7.66. The highest BCUT2D eigenvalue weighted by atomic mass is 16.5. The molecule has 1 heterocycles. The van der Waals surface area contributed by atoms with Crippen LogP contribution in [0.3, 0.4) is 0 Å². The van der Waals surface area contributed by atoms with Crippen molar-refractivity contribution in [1.29, 1.82) is 0 Å². The van der Waals surface area contributed by atoms with Crippen LogP contribution in [0.1, 0.15) is 46.5 Å². The van der Waals surface area contributed by atoms with E-state index in [1.165, 1.54) is 0 Å². The van der Waals surface area contributed by atoms with Gasteiger partial charge in [-0.3, -0.25) is 4.79 Å². The average molecular weight is 300 g/mol. The van der Waals surface area contributed by atoms with Crippen LogP contribution in [-0.2, 0) is 9.53 Å². The molecule has 0 aromatic carbocycles. The number of ether oxygens (including phenoxy) is 1. The number of urea groups is 1. The van der Waals surface area contributed by atoms with Crippen molar-refractivity contribution >= 4 is 12.0 Å². The summed E-state index contributed by atoms with van der Waals surface area (Å²) in [5.41, 5.74) is -0.0825. The molecule has 1 atom stereocenters. The van der Waals surface area contributed by atoms with E-state index >= 15 is 0 Å².